The van der Waals surface area contributed by atoms with E-state index in [4.69, 9.17) is 0 Å². The van der Waals surface area contributed by atoms with E-state index in [1.54, 1.807) is 13.0 Å². The SMILES string of the molecule is Cc1cc(C(Br)C2CCCCC2(C)C)c(F)cc1F. The minimum absolute atomic E-state index is 0.0397. The first-order valence-electron chi connectivity index (χ1n) is 6.92. The van der Waals surface area contributed by atoms with Crippen molar-refractivity contribution in [1.82, 2.24) is 0 Å². The summed E-state index contributed by atoms with van der Waals surface area (Å²) in [5.74, 6) is -0.518. The minimum atomic E-state index is -0.469. The topological polar surface area (TPSA) is 0 Å². The molecule has 2 rings (SSSR count). The van der Waals surface area contributed by atoms with Gasteiger partial charge in [0.1, 0.15) is 11.6 Å². The van der Waals surface area contributed by atoms with Gasteiger partial charge in [0.2, 0.25) is 0 Å². The van der Waals surface area contributed by atoms with Crippen LogP contribution in [-0.4, -0.2) is 0 Å². The van der Waals surface area contributed by atoms with Gasteiger partial charge in [0.05, 0.1) is 0 Å². The highest BCUT2D eigenvalue weighted by molar-refractivity contribution is 9.09. The summed E-state index contributed by atoms with van der Waals surface area (Å²) >= 11 is 3.67. The lowest BCUT2D eigenvalue weighted by molar-refractivity contribution is 0.135. The zero-order valence-corrected chi connectivity index (χ0v) is 13.4. The molecule has 1 aromatic rings. The maximum Gasteiger partial charge on any atom is 0.130 e. The molecule has 0 spiro atoms. The molecule has 1 saturated carbocycles. The van der Waals surface area contributed by atoms with Crippen molar-refractivity contribution in [2.24, 2.45) is 11.3 Å². The zero-order valence-electron chi connectivity index (χ0n) is 11.8. The first kappa shape index (κ1) is 15.0. The second-order valence-electron chi connectivity index (χ2n) is 6.37. The Morgan fingerprint density at radius 3 is 2.53 bits per heavy atom. The van der Waals surface area contributed by atoms with Crippen LogP contribution < -0.4 is 0 Å². The molecule has 1 fully saturated rings. The molecule has 0 radical (unpaired) electrons. The van der Waals surface area contributed by atoms with Crippen LogP contribution in [0.4, 0.5) is 8.78 Å². The van der Waals surface area contributed by atoms with Crippen LogP contribution >= 0.6 is 15.9 Å². The normalized spacial score (nSPS) is 24.2. The monoisotopic (exact) mass is 330 g/mol. The van der Waals surface area contributed by atoms with Crippen molar-refractivity contribution in [3.05, 3.63) is 34.9 Å². The van der Waals surface area contributed by atoms with Gasteiger partial charge < -0.3 is 0 Å². The second-order valence-corrected chi connectivity index (χ2v) is 7.35. The van der Waals surface area contributed by atoms with Crippen molar-refractivity contribution in [3.63, 3.8) is 0 Å². The number of aryl methyl sites for hydroxylation is 1. The molecule has 19 heavy (non-hydrogen) atoms. The first-order valence-corrected chi connectivity index (χ1v) is 7.84. The van der Waals surface area contributed by atoms with E-state index in [-0.39, 0.29) is 10.2 Å². The molecule has 0 aliphatic heterocycles. The van der Waals surface area contributed by atoms with E-state index < -0.39 is 11.6 Å². The quantitative estimate of drug-likeness (QED) is 0.590. The van der Waals surface area contributed by atoms with Gasteiger partial charge in [-0.3, -0.25) is 0 Å². The maximum absolute atomic E-state index is 14.0. The number of hydrogen-bond acceptors (Lipinski definition) is 0. The molecule has 0 aromatic heterocycles. The summed E-state index contributed by atoms with van der Waals surface area (Å²) in [7, 11) is 0. The van der Waals surface area contributed by atoms with Crippen molar-refractivity contribution < 1.29 is 8.78 Å². The van der Waals surface area contributed by atoms with E-state index in [0.29, 0.717) is 17.0 Å². The summed E-state index contributed by atoms with van der Waals surface area (Å²) in [6, 6.07) is 2.66. The van der Waals surface area contributed by atoms with Gasteiger partial charge in [-0.1, -0.05) is 42.6 Å². The van der Waals surface area contributed by atoms with Crippen LogP contribution in [-0.2, 0) is 0 Å². The lowest BCUT2D eigenvalue weighted by atomic mass is 9.66. The van der Waals surface area contributed by atoms with Gasteiger partial charge in [-0.2, -0.15) is 0 Å². The van der Waals surface area contributed by atoms with Crippen LogP contribution in [0.15, 0.2) is 12.1 Å². The molecule has 0 heterocycles. The summed E-state index contributed by atoms with van der Waals surface area (Å²) in [6.07, 6.45) is 4.70. The molecule has 1 aliphatic carbocycles. The molecule has 0 saturated heterocycles. The summed E-state index contributed by atoms with van der Waals surface area (Å²) in [5.41, 5.74) is 1.30. The molecule has 2 unspecified atom stereocenters. The third-order valence-electron chi connectivity index (χ3n) is 4.52. The summed E-state index contributed by atoms with van der Waals surface area (Å²) in [4.78, 5) is -0.0397. The van der Waals surface area contributed by atoms with Gasteiger partial charge in [-0.05, 0) is 42.7 Å². The standard InChI is InChI=1S/C16H21BrF2/c1-10-8-11(14(19)9-13(10)18)15(17)12-6-4-5-7-16(12,2)3/h8-9,12,15H,4-7H2,1-3H3. The molecule has 0 nitrogen and oxygen atoms in total. The summed E-state index contributed by atoms with van der Waals surface area (Å²) < 4.78 is 27.4. The van der Waals surface area contributed by atoms with Crippen molar-refractivity contribution >= 4 is 15.9 Å². The highest BCUT2D eigenvalue weighted by atomic mass is 79.9. The predicted octanol–water partition coefficient (Wildman–Crippen LogP) is 5.93. The van der Waals surface area contributed by atoms with Gasteiger partial charge in [0.25, 0.3) is 0 Å². The van der Waals surface area contributed by atoms with E-state index in [9.17, 15) is 8.78 Å². The second kappa shape index (κ2) is 5.51. The summed E-state index contributed by atoms with van der Waals surface area (Å²) in [5, 5.41) is 0. The molecule has 2 atom stereocenters. The van der Waals surface area contributed by atoms with Gasteiger partial charge in [0.15, 0.2) is 0 Å². The van der Waals surface area contributed by atoms with Crippen molar-refractivity contribution in [2.75, 3.05) is 0 Å². The fourth-order valence-electron chi connectivity index (χ4n) is 3.17. The maximum atomic E-state index is 14.0. The third kappa shape index (κ3) is 3.01. The van der Waals surface area contributed by atoms with Crippen molar-refractivity contribution in [2.45, 2.75) is 51.3 Å². The molecule has 1 aliphatic rings. The molecule has 106 valence electrons. The minimum Gasteiger partial charge on any atom is -0.207 e. The number of halogens is 3. The van der Waals surface area contributed by atoms with E-state index in [2.05, 4.69) is 29.8 Å². The van der Waals surface area contributed by atoms with Crippen LogP contribution in [0.3, 0.4) is 0 Å². The number of alkyl halides is 1. The van der Waals surface area contributed by atoms with E-state index in [1.165, 1.54) is 19.3 Å². The Morgan fingerprint density at radius 2 is 1.89 bits per heavy atom. The average Bonchev–Trinajstić information content (AvgIpc) is 2.32. The van der Waals surface area contributed by atoms with Crippen molar-refractivity contribution in [3.8, 4) is 0 Å². The highest BCUT2D eigenvalue weighted by Gasteiger charge is 2.38. The predicted molar refractivity (Wildman–Crippen MR) is 78.5 cm³/mol. The smallest absolute Gasteiger partial charge is 0.130 e. The van der Waals surface area contributed by atoms with E-state index >= 15 is 0 Å². The number of benzene rings is 1. The molecule has 1 aromatic carbocycles. The molecule has 0 N–H and O–H groups in total. The Kier molecular flexibility index (Phi) is 4.34. The molecule has 3 heteroatoms. The molecule has 0 amide bonds. The van der Waals surface area contributed by atoms with Crippen LogP contribution in [0, 0.1) is 29.9 Å². The molecule has 0 bridgehead atoms. The Hall–Kier alpha value is -0.440. The first-order chi connectivity index (χ1) is 8.83. The van der Waals surface area contributed by atoms with Gasteiger partial charge in [-0.25, -0.2) is 8.78 Å². The molecular formula is C16H21BrF2. The number of hydrogen-bond donors (Lipinski definition) is 0. The fraction of sp³-hybridized carbons (Fsp3) is 0.625. The van der Waals surface area contributed by atoms with Crippen LogP contribution in [0.5, 0.6) is 0 Å². The fourth-order valence-corrected chi connectivity index (χ4v) is 4.50. The number of rotatable bonds is 2. The van der Waals surface area contributed by atoms with Gasteiger partial charge in [0, 0.05) is 16.5 Å². The average molecular weight is 331 g/mol. The van der Waals surface area contributed by atoms with Crippen LogP contribution in [0.2, 0.25) is 0 Å². The Labute approximate surface area is 122 Å². The van der Waals surface area contributed by atoms with E-state index in [1.807, 2.05) is 0 Å². The van der Waals surface area contributed by atoms with Crippen molar-refractivity contribution in [1.29, 1.82) is 0 Å². The Morgan fingerprint density at radius 1 is 1.21 bits per heavy atom. The largest absolute Gasteiger partial charge is 0.207 e. The van der Waals surface area contributed by atoms with E-state index in [0.717, 1.165) is 12.5 Å². The lowest BCUT2D eigenvalue weighted by Crippen LogP contribution is -2.31. The van der Waals surface area contributed by atoms with Crippen LogP contribution in [0.1, 0.15) is 55.5 Å². The lowest BCUT2D eigenvalue weighted by Gasteiger charge is -2.41. The van der Waals surface area contributed by atoms with Crippen LogP contribution in [0.25, 0.3) is 0 Å². The summed E-state index contributed by atoms with van der Waals surface area (Å²) in [6.45, 7) is 6.18. The Balaban J connectivity index is 2.33. The third-order valence-corrected chi connectivity index (χ3v) is 5.65. The highest BCUT2D eigenvalue weighted by Crippen LogP contribution is 2.50. The Bertz CT molecular complexity index is 468. The van der Waals surface area contributed by atoms with Gasteiger partial charge >= 0.3 is 0 Å². The van der Waals surface area contributed by atoms with Gasteiger partial charge in [-0.15, -0.1) is 0 Å². The molecular weight excluding hydrogens is 310 g/mol. The zero-order chi connectivity index (χ0) is 14.2.